The zero-order chi connectivity index (χ0) is 34.2. The SMILES string of the molecule is CC.CCc1nc(-c2cc(O)cc3ccc(F)c(OC(F)(F)F)c23)c(F)c2nc(OCC34CCCN3CCC4)nc(N3CCNCC3)c12. The number of pyridine rings is 1. The number of benzene rings is 2. The summed E-state index contributed by atoms with van der Waals surface area (Å²) in [6.45, 7) is 10.7. The highest BCUT2D eigenvalue weighted by Gasteiger charge is 2.45. The minimum atomic E-state index is -5.24. The molecule has 258 valence electrons. The van der Waals surface area contributed by atoms with E-state index in [1.165, 1.54) is 6.07 Å². The minimum Gasteiger partial charge on any atom is -0.508 e. The first-order valence-corrected chi connectivity index (χ1v) is 16.5. The molecule has 0 radical (unpaired) electrons. The van der Waals surface area contributed by atoms with E-state index in [9.17, 15) is 22.7 Å². The van der Waals surface area contributed by atoms with Crippen molar-refractivity contribution in [2.45, 2.75) is 64.8 Å². The Bertz CT molecular complexity index is 1800. The summed E-state index contributed by atoms with van der Waals surface area (Å²) in [5.41, 5.74) is -0.550. The maximum Gasteiger partial charge on any atom is 0.573 e. The molecular formula is C34H39F5N6O3. The molecule has 3 aliphatic heterocycles. The highest BCUT2D eigenvalue weighted by Crippen LogP contribution is 2.44. The van der Waals surface area contributed by atoms with E-state index in [1.807, 2.05) is 25.7 Å². The van der Waals surface area contributed by atoms with Crippen molar-refractivity contribution in [3.63, 3.8) is 0 Å². The van der Waals surface area contributed by atoms with E-state index in [-0.39, 0.29) is 33.8 Å². The van der Waals surface area contributed by atoms with Crippen LogP contribution in [0.3, 0.4) is 0 Å². The second-order valence-corrected chi connectivity index (χ2v) is 12.1. The van der Waals surface area contributed by atoms with Gasteiger partial charge in [0.2, 0.25) is 0 Å². The fourth-order valence-corrected chi connectivity index (χ4v) is 7.26. The monoisotopic (exact) mass is 674 g/mol. The number of aromatic hydroxyl groups is 1. The molecule has 0 saturated carbocycles. The molecule has 0 atom stereocenters. The van der Waals surface area contributed by atoms with E-state index < -0.39 is 34.8 Å². The van der Waals surface area contributed by atoms with Crippen molar-refractivity contribution in [2.75, 3.05) is 50.8 Å². The van der Waals surface area contributed by atoms with Gasteiger partial charge in [-0.15, -0.1) is 13.2 Å². The van der Waals surface area contributed by atoms with Crippen molar-refractivity contribution in [2.24, 2.45) is 0 Å². The maximum atomic E-state index is 16.9. The van der Waals surface area contributed by atoms with Gasteiger partial charge in [-0.3, -0.25) is 4.90 Å². The smallest absolute Gasteiger partial charge is 0.508 e. The zero-order valence-corrected chi connectivity index (χ0v) is 27.2. The molecule has 0 amide bonds. The Morgan fingerprint density at radius 2 is 1.67 bits per heavy atom. The van der Waals surface area contributed by atoms with Gasteiger partial charge in [-0.25, -0.2) is 13.8 Å². The van der Waals surface area contributed by atoms with Crippen LogP contribution in [0.4, 0.5) is 27.8 Å². The Balaban J connectivity index is 0.00000197. The van der Waals surface area contributed by atoms with Crippen molar-refractivity contribution in [1.82, 2.24) is 25.2 Å². The molecule has 7 rings (SSSR count). The van der Waals surface area contributed by atoms with Gasteiger partial charge in [0.15, 0.2) is 17.4 Å². The number of nitrogens with zero attached hydrogens (tertiary/aromatic N) is 5. The van der Waals surface area contributed by atoms with Gasteiger partial charge in [-0.05, 0) is 68.8 Å². The van der Waals surface area contributed by atoms with Crippen molar-refractivity contribution in [1.29, 1.82) is 0 Å². The summed E-state index contributed by atoms with van der Waals surface area (Å²) < 4.78 is 82.4. The van der Waals surface area contributed by atoms with Crippen LogP contribution < -0.4 is 19.7 Å². The second-order valence-electron chi connectivity index (χ2n) is 12.1. The number of alkyl halides is 3. The Morgan fingerprint density at radius 1 is 0.958 bits per heavy atom. The number of ether oxygens (including phenoxy) is 2. The van der Waals surface area contributed by atoms with Crippen molar-refractivity contribution >= 4 is 27.5 Å². The van der Waals surface area contributed by atoms with Crippen LogP contribution in [0.1, 0.15) is 52.1 Å². The molecule has 5 heterocycles. The quantitative estimate of drug-likeness (QED) is 0.207. The van der Waals surface area contributed by atoms with Gasteiger partial charge in [0, 0.05) is 37.1 Å². The van der Waals surface area contributed by atoms with Crippen molar-refractivity contribution < 1.29 is 36.5 Å². The number of halogens is 5. The van der Waals surface area contributed by atoms with Gasteiger partial charge in [0.1, 0.15) is 29.4 Å². The van der Waals surface area contributed by atoms with E-state index >= 15 is 4.39 Å². The lowest BCUT2D eigenvalue weighted by Gasteiger charge is -2.32. The molecule has 0 unspecified atom stereocenters. The van der Waals surface area contributed by atoms with Crippen LogP contribution >= 0.6 is 0 Å². The zero-order valence-electron chi connectivity index (χ0n) is 27.2. The summed E-state index contributed by atoms with van der Waals surface area (Å²) in [5, 5.41) is 13.8. The third kappa shape index (κ3) is 6.27. The molecule has 3 aliphatic rings. The number of anilines is 1. The van der Waals surface area contributed by atoms with Gasteiger partial charge in [-0.1, -0.05) is 26.8 Å². The normalized spacial score (nSPS) is 17.8. The average Bonchev–Trinajstić information content (AvgIpc) is 3.66. The van der Waals surface area contributed by atoms with E-state index in [0.29, 0.717) is 56.1 Å². The lowest BCUT2D eigenvalue weighted by atomic mass is 9.95. The number of phenols is 1. The molecule has 14 heteroatoms. The summed E-state index contributed by atoms with van der Waals surface area (Å²) in [4.78, 5) is 18.3. The minimum absolute atomic E-state index is 0.000138. The Morgan fingerprint density at radius 3 is 2.33 bits per heavy atom. The Labute approximate surface area is 275 Å². The van der Waals surface area contributed by atoms with E-state index in [0.717, 1.165) is 57.0 Å². The molecule has 3 saturated heterocycles. The highest BCUT2D eigenvalue weighted by atomic mass is 19.4. The predicted octanol–water partition coefficient (Wildman–Crippen LogP) is 6.73. The molecule has 2 aromatic heterocycles. The number of aromatic nitrogens is 3. The molecule has 3 fully saturated rings. The molecule has 2 N–H and O–H groups in total. The topological polar surface area (TPSA) is 95.9 Å². The number of nitrogens with one attached hydrogen (secondary N) is 1. The first-order valence-electron chi connectivity index (χ1n) is 16.5. The second kappa shape index (κ2) is 13.5. The van der Waals surface area contributed by atoms with E-state index in [4.69, 9.17) is 9.72 Å². The standard InChI is InChI=1S/C32H33F5N6O3.C2H6/c1-2-22-24-27(25(34)26(39-22)20-16-19(44)15-18-5-6-21(33)28(23(18)20)46-32(35,36)37)40-30(41-29(24)42-13-9-38-10-14-42)45-17-31-7-3-11-43(31)12-4-8-31;1-2/h5-6,15-16,38,44H,2-4,7-14,17H2,1H3;1-2H3. The third-order valence-electron chi connectivity index (χ3n) is 9.33. The molecular weight excluding hydrogens is 635 g/mol. The van der Waals surface area contributed by atoms with Gasteiger partial charge in [0.25, 0.3) is 0 Å². The number of hydrogen-bond donors (Lipinski definition) is 2. The van der Waals surface area contributed by atoms with Crippen molar-refractivity contribution in [3.8, 4) is 28.8 Å². The van der Waals surface area contributed by atoms with Crippen LogP contribution in [-0.4, -0.2) is 82.7 Å². The molecule has 2 aromatic carbocycles. The fourth-order valence-electron chi connectivity index (χ4n) is 7.26. The van der Waals surface area contributed by atoms with Crippen molar-refractivity contribution in [3.05, 3.63) is 41.6 Å². The number of hydrogen-bond acceptors (Lipinski definition) is 9. The molecule has 0 spiro atoms. The van der Waals surface area contributed by atoms with Crippen LogP contribution in [0.25, 0.3) is 32.9 Å². The molecule has 0 aliphatic carbocycles. The van der Waals surface area contributed by atoms with Gasteiger partial charge >= 0.3 is 12.4 Å². The highest BCUT2D eigenvalue weighted by molar-refractivity contribution is 6.03. The molecule has 0 bridgehead atoms. The van der Waals surface area contributed by atoms with Crippen LogP contribution in [0.15, 0.2) is 24.3 Å². The van der Waals surface area contributed by atoms with E-state index in [2.05, 4.69) is 24.9 Å². The number of aryl methyl sites for hydroxylation is 1. The van der Waals surface area contributed by atoms with Gasteiger partial charge in [0.05, 0.1) is 16.6 Å². The van der Waals surface area contributed by atoms with Crippen LogP contribution in [0, 0.1) is 11.6 Å². The first-order chi connectivity index (χ1) is 23.1. The summed E-state index contributed by atoms with van der Waals surface area (Å²) in [7, 11) is 0. The fraction of sp³-hybridized carbons (Fsp3) is 0.500. The van der Waals surface area contributed by atoms with Crippen LogP contribution in [0.5, 0.6) is 17.5 Å². The summed E-state index contributed by atoms with van der Waals surface area (Å²) in [6.07, 6.45) is -0.846. The van der Waals surface area contributed by atoms with Gasteiger partial charge in [-0.2, -0.15) is 9.97 Å². The van der Waals surface area contributed by atoms with Crippen LogP contribution in [0.2, 0.25) is 0 Å². The average molecular weight is 675 g/mol. The summed E-state index contributed by atoms with van der Waals surface area (Å²) >= 11 is 0. The lowest BCUT2D eigenvalue weighted by Crippen LogP contribution is -2.44. The predicted molar refractivity (Wildman–Crippen MR) is 173 cm³/mol. The molecule has 9 nitrogen and oxygen atoms in total. The molecule has 48 heavy (non-hydrogen) atoms. The number of rotatable bonds is 7. The third-order valence-corrected chi connectivity index (χ3v) is 9.33. The maximum absolute atomic E-state index is 16.9. The largest absolute Gasteiger partial charge is 0.573 e. The number of fused-ring (bicyclic) bond motifs is 3. The lowest BCUT2D eigenvalue weighted by molar-refractivity contribution is -0.275. The Hall–Kier alpha value is -4.04. The Kier molecular flexibility index (Phi) is 9.49. The first kappa shape index (κ1) is 33.8. The van der Waals surface area contributed by atoms with E-state index in [1.54, 1.807) is 0 Å². The molecule has 4 aromatic rings. The van der Waals surface area contributed by atoms with Crippen LogP contribution in [-0.2, 0) is 6.42 Å². The summed E-state index contributed by atoms with van der Waals surface area (Å²) in [5.74, 6) is -3.34. The summed E-state index contributed by atoms with van der Waals surface area (Å²) in [6, 6.07) is 4.15. The number of phenolic OH excluding ortho intramolecular Hbond substituents is 1. The number of piperazine rings is 1. The van der Waals surface area contributed by atoms with Gasteiger partial charge < -0.3 is 24.8 Å².